The molecule has 82 valence electrons. The second kappa shape index (κ2) is 2.88. The lowest BCUT2D eigenvalue weighted by molar-refractivity contribution is -0.0876. The van der Waals surface area contributed by atoms with E-state index in [9.17, 15) is 0 Å². The molecule has 2 heterocycles. The number of hydrogen-bond donors (Lipinski definition) is 0. The van der Waals surface area contributed by atoms with Gasteiger partial charge in [-0.05, 0) is 31.9 Å². The molecule has 1 spiro atoms. The summed E-state index contributed by atoms with van der Waals surface area (Å²) in [5.74, 6) is 0.652. The van der Waals surface area contributed by atoms with Crippen molar-refractivity contribution in [2.45, 2.75) is 38.4 Å². The van der Waals surface area contributed by atoms with Gasteiger partial charge in [0.2, 0.25) is 0 Å². The highest BCUT2D eigenvalue weighted by Gasteiger charge is 2.79. The van der Waals surface area contributed by atoms with Gasteiger partial charge in [0.25, 0.3) is 0 Å². The number of hydrogen-bond acceptors (Lipinski definition) is 2. The van der Waals surface area contributed by atoms with Gasteiger partial charge in [0.15, 0.2) is 0 Å². The average molecular weight is 206 g/mol. The van der Waals surface area contributed by atoms with Crippen LogP contribution in [-0.4, -0.2) is 18.3 Å². The van der Waals surface area contributed by atoms with Crippen LogP contribution in [0.15, 0.2) is 24.5 Å². The first-order chi connectivity index (χ1) is 7.25. The first-order valence-corrected chi connectivity index (χ1v) is 5.85. The Morgan fingerprint density at radius 1 is 1.47 bits per heavy atom. The van der Waals surface area contributed by atoms with Gasteiger partial charge in [-0.1, -0.05) is 13.0 Å². The van der Waals surface area contributed by atoms with Gasteiger partial charge in [-0.2, -0.15) is 0 Å². The number of ether oxygens (including phenoxy) is 2. The molecule has 0 N–H and O–H groups in total. The lowest BCUT2D eigenvalue weighted by atomic mass is 9.97. The monoisotopic (exact) mass is 206 g/mol. The second-order valence-corrected chi connectivity index (χ2v) is 5.00. The van der Waals surface area contributed by atoms with Crippen LogP contribution in [0.1, 0.15) is 26.7 Å². The molecular weight excluding hydrogens is 188 g/mol. The molecule has 0 unspecified atom stereocenters. The summed E-state index contributed by atoms with van der Waals surface area (Å²) in [4.78, 5) is 0. The smallest absolute Gasteiger partial charge is 0.146 e. The first-order valence-electron chi connectivity index (χ1n) is 5.85. The van der Waals surface area contributed by atoms with E-state index in [1.54, 1.807) is 0 Å². The van der Waals surface area contributed by atoms with Crippen molar-refractivity contribution < 1.29 is 9.47 Å². The van der Waals surface area contributed by atoms with Gasteiger partial charge in [-0.15, -0.1) is 0 Å². The summed E-state index contributed by atoms with van der Waals surface area (Å²) >= 11 is 0. The number of allylic oxidation sites excluding steroid dienone is 1. The first kappa shape index (κ1) is 9.46. The maximum Gasteiger partial charge on any atom is 0.146 e. The summed E-state index contributed by atoms with van der Waals surface area (Å²) in [6.07, 6.45) is 10.8. The summed E-state index contributed by atoms with van der Waals surface area (Å²) in [5.41, 5.74) is 0.165. The van der Waals surface area contributed by atoms with Gasteiger partial charge >= 0.3 is 0 Å². The van der Waals surface area contributed by atoms with Crippen LogP contribution in [0, 0.1) is 11.3 Å². The van der Waals surface area contributed by atoms with Gasteiger partial charge in [-0.3, -0.25) is 0 Å². The molecule has 0 radical (unpaired) electrons. The predicted octanol–water partition coefficient (Wildman–Crippen LogP) is 2.66. The standard InChI is InChI=1S/C13H18O2/c1-3-5-11-13-10(6-4-8-15-13)12(13,2)7-9-14-11/h3,5,7,9-11H,4,6,8H2,1-2H3/b5-3+/t10-,11+,12-,13+/m0/s1. The van der Waals surface area contributed by atoms with E-state index < -0.39 is 0 Å². The zero-order chi connectivity index (χ0) is 10.5. The average Bonchev–Trinajstić information content (AvgIpc) is 2.82. The molecule has 3 rings (SSSR count). The summed E-state index contributed by atoms with van der Waals surface area (Å²) in [6, 6.07) is 0. The van der Waals surface area contributed by atoms with Crippen LogP contribution in [0.25, 0.3) is 0 Å². The molecule has 15 heavy (non-hydrogen) atoms. The molecular formula is C13H18O2. The van der Waals surface area contributed by atoms with Gasteiger partial charge in [0, 0.05) is 17.9 Å². The molecule has 1 saturated heterocycles. The second-order valence-electron chi connectivity index (χ2n) is 5.00. The molecule has 1 aliphatic carbocycles. The lowest BCUT2D eigenvalue weighted by Crippen LogP contribution is -2.40. The molecule has 1 saturated carbocycles. The van der Waals surface area contributed by atoms with Crippen LogP contribution in [0.2, 0.25) is 0 Å². The molecule has 0 bridgehead atoms. The van der Waals surface area contributed by atoms with E-state index in [4.69, 9.17) is 9.47 Å². The largest absolute Gasteiger partial charge is 0.491 e. The molecule has 0 aromatic carbocycles. The fourth-order valence-electron chi connectivity index (χ4n) is 3.59. The van der Waals surface area contributed by atoms with Crippen molar-refractivity contribution >= 4 is 0 Å². The van der Waals surface area contributed by atoms with Gasteiger partial charge in [-0.25, -0.2) is 0 Å². The quantitative estimate of drug-likeness (QED) is 0.614. The number of rotatable bonds is 1. The summed E-state index contributed by atoms with van der Waals surface area (Å²) in [5, 5.41) is 0. The van der Waals surface area contributed by atoms with E-state index in [1.165, 1.54) is 12.8 Å². The lowest BCUT2D eigenvalue weighted by Gasteiger charge is -2.32. The van der Waals surface area contributed by atoms with Gasteiger partial charge in [0.05, 0.1) is 6.26 Å². The highest BCUT2D eigenvalue weighted by molar-refractivity contribution is 5.37. The molecule has 0 aromatic heterocycles. The highest BCUT2D eigenvalue weighted by atomic mass is 16.6. The highest BCUT2D eigenvalue weighted by Crippen LogP contribution is 2.72. The van der Waals surface area contributed by atoms with E-state index in [1.807, 2.05) is 13.2 Å². The maximum atomic E-state index is 6.08. The molecule has 4 atom stereocenters. The summed E-state index contributed by atoms with van der Waals surface area (Å²) < 4.78 is 11.8. The number of fused-ring (bicyclic) bond motifs is 1. The Bertz CT molecular complexity index is 333. The van der Waals surface area contributed by atoms with Gasteiger partial charge < -0.3 is 9.47 Å². The topological polar surface area (TPSA) is 18.5 Å². The molecule has 2 fully saturated rings. The van der Waals surface area contributed by atoms with Crippen molar-refractivity contribution in [2.75, 3.05) is 6.61 Å². The van der Waals surface area contributed by atoms with Crippen LogP contribution in [0.3, 0.4) is 0 Å². The van der Waals surface area contributed by atoms with Crippen molar-refractivity contribution in [3.05, 3.63) is 24.5 Å². The zero-order valence-corrected chi connectivity index (χ0v) is 9.40. The van der Waals surface area contributed by atoms with Crippen LogP contribution in [0.4, 0.5) is 0 Å². The normalized spacial score (nSPS) is 52.1. The Hall–Kier alpha value is -0.760. The Morgan fingerprint density at radius 3 is 3.13 bits per heavy atom. The fourth-order valence-corrected chi connectivity index (χ4v) is 3.59. The third-order valence-corrected chi connectivity index (χ3v) is 4.41. The van der Waals surface area contributed by atoms with Crippen LogP contribution in [-0.2, 0) is 9.47 Å². The molecule has 2 heteroatoms. The molecule has 2 nitrogen and oxygen atoms in total. The summed E-state index contributed by atoms with van der Waals surface area (Å²) in [6.45, 7) is 5.23. The van der Waals surface area contributed by atoms with Crippen LogP contribution < -0.4 is 0 Å². The molecule has 3 aliphatic rings. The summed E-state index contributed by atoms with van der Waals surface area (Å²) in [7, 11) is 0. The third kappa shape index (κ3) is 0.938. The molecule has 2 aliphatic heterocycles. The minimum Gasteiger partial charge on any atom is -0.491 e. The SMILES string of the molecule is C/C=C/[C@H]1OC=C[C@@]2(C)[C@@H]3CCCO[C@]312. The molecule has 0 amide bonds. The van der Waals surface area contributed by atoms with Crippen molar-refractivity contribution in [1.29, 1.82) is 0 Å². The van der Waals surface area contributed by atoms with E-state index >= 15 is 0 Å². The Kier molecular flexibility index (Phi) is 1.82. The van der Waals surface area contributed by atoms with Crippen molar-refractivity contribution in [3.8, 4) is 0 Å². The van der Waals surface area contributed by atoms with Crippen LogP contribution in [0.5, 0.6) is 0 Å². The van der Waals surface area contributed by atoms with Crippen molar-refractivity contribution in [2.24, 2.45) is 11.3 Å². The molecule has 0 aromatic rings. The Morgan fingerprint density at radius 2 is 2.33 bits per heavy atom. The van der Waals surface area contributed by atoms with E-state index in [0.717, 1.165) is 6.61 Å². The zero-order valence-electron chi connectivity index (χ0n) is 9.40. The minimum atomic E-state index is -0.0491. The Balaban J connectivity index is 1.99. The van der Waals surface area contributed by atoms with E-state index in [0.29, 0.717) is 5.92 Å². The Labute approximate surface area is 90.9 Å². The van der Waals surface area contributed by atoms with Gasteiger partial charge in [0.1, 0.15) is 11.7 Å². The predicted molar refractivity (Wildman–Crippen MR) is 58.3 cm³/mol. The van der Waals surface area contributed by atoms with Crippen LogP contribution >= 0.6 is 0 Å². The van der Waals surface area contributed by atoms with Crippen molar-refractivity contribution in [1.82, 2.24) is 0 Å². The minimum absolute atomic E-state index is 0.0491. The van der Waals surface area contributed by atoms with E-state index in [-0.39, 0.29) is 17.1 Å². The third-order valence-electron chi connectivity index (χ3n) is 4.41. The fraction of sp³-hybridized carbons (Fsp3) is 0.692. The van der Waals surface area contributed by atoms with E-state index in [2.05, 4.69) is 25.2 Å². The maximum absolute atomic E-state index is 6.08. The van der Waals surface area contributed by atoms with Crippen molar-refractivity contribution in [3.63, 3.8) is 0 Å².